The number of piperazine rings is 1. The molecule has 0 N–H and O–H groups in total. The zero-order chi connectivity index (χ0) is 24.3. The number of nitrogens with zero attached hydrogens (tertiary/aromatic N) is 3. The van der Waals surface area contributed by atoms with Gasteiger partial charge >= 0.3 is 0 Å². The summed E-state index contributed by atoms with van der Waals surface area (Å²) in [5.41, 5.74) is 1.79. The van der Waals surface area contributed by atoms with Gasteiger partial charge in [-0.15, -0.1) is 0 Å². The molecule has 0 aromatic heterocycles. The Kier molecular flexibility index (Phi) is 5.48. The van der Waals surface area contributed by atoms with Crippen molar-refractivity contribution in [2.75, 3.05) is 43.1 Å². The lowest BCUT2D eigenvalue weighted by Crippen LogP contribution is -2.49. The third-order valence-electron chi connectivity index (χ3n) is 8.36. The van der Waals surface area contributed by atoms with Gasteiger partial charge in [0.2, 0.25) is 11.8 Å². The molecule has 2 aliphatic heterocycles. The molecule has 2 saturated carbocycles. The number of ether oxygens (including phenoxy) is 1. The van der Waals surface area contributed by atoms with Crippen LogP contribution in [0.15, 0.2) is 42.5 Å². The van der Waals surface area contributed by atoms with Crippen molar-refractivity contribution in [1.82, 2.24) is 4.90 Å². The van der Waals surface area contributed by atoms with Crippen LogP contribution in [0.1, 0.15) is 29.6 Å². The van der Waals surface area contributed by atoms with Gasteiger partial charge in [0.15, 0.2) is 0 Å². The molecule has 0 spiro atoms. The van der Waals surface area contributed by atoms with E-state index >= 15 is 0 Å². The molecule has 0 unspecified atom stereocenters. The topological polar surface area (TPSA) is 70.2 Å². The fraction of sp³-hybridized carbons (Fsp3) is 0.444. The van der Waals surface area contributed by atoms with Crippen molar-refractivity contribution in [1.29, 1.82) is 0 Å². The van der Waals surface area contributed by atoms with Crippen molar-refractivity contribution < 1.29 is 19.1 Å². The van der Waals surface area contributed by atoms with Crippen LogP contribution in [-0.4, -0.2) is 55.9 Å². The molecule has 6 rings (SSSR count). The molecule has 2 aromatic rings. The smallest absolute Gasteiger partial charge is 0.255 e. The predicted octanol–water partition coefficient (Wildman–Crippen LogP) is 3.85. The summed E-state index contributed by atoms with van der Waals surface area (Å²) in [5, 5.41) is 0.324. The Morgan fingerprint density at radius 3 is 2.26 bits per heavy atom. The molecule has 4 atom stereocenters. The van der Waals surface area contributed by atoms with Gasteiger partial charge in [-0.1, -0.05) is 23.7 Å². The summed E-state index contributed by atoms with van der Waals surface area (Å²) < 4.78 is 5.48. The van der Waals surface area contributed by atoms with E-state index in [0.29, 0.717) is 54.3 Å². The number of para-hydroxylation sites is 2. The number of anilines is 2. The highest BCUT2D eigenvalue weighted by atomic mass is 35.5. The maximum Gasteiger partial charge on any atom is 0.255 e. The van der Waals surface area contributed by atoms with Crippen molar-refractivity contribution in [3.63, 3.8) is 0 Å². The number of hydrogen-bond acceptors (Lipinski definition) is 5. The van der Waals surface area contributed by atoms with Gasteiger partial charge in [0, 0.05) is 26.2 Å². The molecule has 0 radical (unpaired) electrons. The van der Waals surface area contributed by atoms with Gasteiger partial charge in [0.1, 0.15) is 5.75 Å². The molecule has 35 heavy (non-hydrogen) atoms. The van der Waals surface area contributed by atoms with E-state index in [1.54, 1.807) is 30.2 Å². The van der Waals surface area contributed by atoms with Gasteiger partial charge in [-0.3, -0.25) is 19.3 Å². The second-order valence-corrected chi connectivity index (χ2v) is 10.4. The van der Waals surface area contributed by atoms with E-state index in [-0.39, 0.29) is 29.6 Å². The van der Waals surface area contributed by atoms with E-state index in [9.17, 15) is 14.4 Å². The molecule has 3 amide bonds. The number of methoxy groups -OCH3 is 1. The summed E-state index contributed by atoms with van der Waals surface area (Å²) in [4.78, 5) is 45.2. The first-order chi connectivity index (χ1) is 17.0. The lowest BCUT2D eigenvalue weighted by atomic mass is 9.81. The van der Waals surface area contributed by atoms with Gasteiger partial charge in [0.25, 0.3) is 5.91 Å². The Balaban J connectivity index is 1.20. The second kappa shape index (κ2) is 8.55. The van der Waals surface area contributed by atoms with Crippen molar-refractivity contribution in [3.05, 3.63) is 53.1 Å². The Labute approximate surface area is 209 Å². The van der Waals surface area contributed by atoms with Crippen LogP contribution in [0.4, 0.5) is 11.4 Å². The number of rotatable bonds is 4. The van der Waals surface area contributed by atoms with E-state index in [2.05, 4.69) is 4.90 Å². The zero-order valence-corrected chi connectivity index (χ0v) is 20.4. The normalized spacial score (nSPS) is 27.5. The zero-order valence-electron chi connectivity index (χ0n) is 19.7. The standard InChI is InChI=1S/C27H28ClN3O4/c1-35-22-5-3-2-4-21(22)29-10-12-30(13-11-29)25(32)19-15-18(8-9-20(19)28)31-26(33)23-16-6-7-17(14-16)24(23)27(31)34/h2-5,8-9,15-17,23-24H,6-7,10-14H2,1H3/t16-,17-,23-,24-/m0/s1. The van der Waals surface area contributed by atoms with Crippen LogP contribution in [0, 0.1) is 23.7 Å². The molecule has 2 bridgehead atoms. The maximum atomic E-state index is 13.4. The minimum atomic E-state index is -0.195. The first-order valence-corrected chi connectivity index (χ1v) is 12.7. The molecule has 2 aromatic carbocycles. The number of hydrogen-bond donors (Lipinski definition) is 0. The summed E-state index contributed by atoms with van der Waals surface area (Å²) in [6.45, 7) is 2.40. The molecule has 7 nitrogen and oxygen atoms in total. The van der Waals surface area contributed by atoms with Crippen LogP contribution in [0.3, 0.4) is 0 Å². The second-order valence-electron chi connectivity index (χ2n) is 10.0. The number of amides is 3. The van der Waals surface area contributed by atoms with E-state index in [1.165, 1.54) is 4.90 Å². The molecule has 8 heteroatoms. The van der Waals surface area contributed by atoms with Gasteiger partial charge in [0.05, 0.1) is 40.9 Å². The molecule has 2 aliphatic carbocycles. The van der Waals surface area contributed by atoms with Crippen molar-refractivity contribution in [3.8, 4) is 5.75 Å². The molecule has 4 fully saturated rings. The molecule has 2 saturated heterocycles. The van der Waals surface area contributed by atoms with Crippen LogP contribution in [-0.2, 0) is 9.59 Å². The van der Waals surface area contributed by atoms with Crippen LogP contribution in [0.5, 0.6) is 5.75 Å². The highest BCUT2D eigenvalue weighted by Crippen LogP contribution is 2.56. The summed E-state index contributed by atoms with van der Waals surface area (Å²) in [6.07, 6.45) is 3.06. The van der Waals surface area contributed by atoms with Crippen LogP contribution < -0.4 is 14.5 Å². The molecular formula is C27H28ClN3O4. The van der Waals surface area contributed by atoms with Crippen molar-refractivity contribution in [2.24, 2.45) is 23.7 Å². The third kappa shape index (κ3) is 3.51. The number of carbonyl (C=O) groups excluding carboxylic acids is 3. The first kappa shape index (κ1) is 22.4. The largest absolute Gasteiger partial charge is 0.495 e. The van der Waals surface area contributed by atoms with Gasteiger partial charge in [-0.25, -0.2) is 0 Å². The predicted molar refractivity (Wildman–Crippen MR) is 133 cm³/mol. The van der Waals surface area contributed by atoms with Gasteiger partial charge in [-0.2, -0.15) is 0 Å². The first-order valence-electron chi connectivity index (χ1n) is 12.3. The van der Waals surface area contributed by atoms with Crippen molar-refractivity contribution >= 4 is 40.7 Å². The minimum absolute atomic E-state index is 0.113. The van der Waals surface area contributed by atoms with Gasteiger partial charge < -0.3 is 14.5 Å². The Hall–Kier alpha value is -3.06. The minimum Gasteiger partial charge on any atom is -0.495 e. The highest BCUT2D eigenvalue weighted by molar-refractivity contribution is 6.34. The SMILES string of the molecule is COc1ccccc1N1CCN(C(=O)c2cc(N3C(=O)[C@H]4[C@H]5CC[C@@H](C5)[C@@H]4C3=O)ccc2Cl)CC1. The fourth-order valence-electron chi connectivity index (χ4n) is 6.69. The quantitative estimate of drug-likeness (QED) is 0.605. The number of imide groups is 1. The lowest BCUT2D eigenvalue weighted by Gasteiger charge is -2.36. The maximum absolute atomic E-state index is 13.4. The molecule has 182 valence electrons. The van der Waals surface area contributed by atoms with E-state index in [0.717, 1.165) is 30.7 Å². The highest BCUT2D eigenvalue weighted by Gasteiger charge is 2.61. The average molecular weight is 494 g/mol. The number of carbonyl (C=O) groups is 3. The number of benzene rings is 2. The summed E-state index contributed by atoms with van der Waals surface area (Å²) in [7, 11) is 1.65. The third-order valence-corrected chi connectivity index (χ3v) is 8.69. The Bertz CT molecular complexity index is 1180. The van der Waals surface area contributed by atoms with E-state index in [4.69, 9.17) is 16.3 Å². The Morgan fingerprint density at radius 2 is 1.60 bits per heavy atom. The monoisotopic (exact) mass is 493 g/mol. The van der Waals surface area contributed by atoms with E-state index < -0.39 is 0 Å². The summed E-state index contributed by atoms with van der Waals surface area (Å²) in [5.74, 6) is 0.644. The fourth-order valence-corrected chi connectivity index (χ4v) is 6.89. The number of fused-ring (bicyclic) bond motifs is 5. The lowest BCUT2D eigenvalue weighted by molar-refractivity contribution is -0.123. The van der Waals surface area contributed by atoms with Crippen LogP contribution in [0.25, 0.3) is 0 Å². The number of halogens is 1. The van der Waals surface area contributed by atoms with Crippen LogP contribution >= 0.6 is 11.6 Å². The summed E-state index contributed by atoms with van der Waals surface area (Å²) >= 11 is 6.44. The molecular weight excluding hydrogens is 466 g/mol. The van der Waals surface area contributed by atoms with E-state index in [1.807, 2.05) is 24.3 Å². The average Bonchev–Trinajstić information content (AvgIpc) is 3.58. The van der Waals surface area contributed by atoms with Crippen molar-refractivity contribution in [2.45, 2.75) is 19.3 Å². The molecule has 4 aliphatic rings. The van der Waals surface area contributed by atoms with Gasteiger partial charge in [-0.05, 0) is 61.4 Å². The summed E-state index contributed by atoms with van der Waals surface area (Å²) in [6, 6.07) is 12.8. The molecule has 2 heterocycles. The Morgan fingerprint density at radius 1 is 0.943 bits per heavy atom. The van der Waals surface area contributed by atoms with Crippen LogP contribution in [0.2, 0.25) is 5.02 Å².